The molecule has 6 heteroatoms. The highest BCUT2D eigenvalue weighted by Crippen LogP contribution is 2.78. The molecule has 3 aliphatic rings. The third kappa shape index (κ3) is 2.06. The Morgan fingerprint density at radius 2 is 1.72 bits per heavy atom. The summed E-state index contributed by atoms with van der Waals surface area (Å²) in [6.45, 7) is 0. The van der Waals surface area contributed by atoms with Gasteiger partial charge in [0.15, 0.2) is 0 Å². The van der Waals surface area contributed by atoms with Gasteiger partial charge in [-0.2, -0.15) is 8.78 Å². The van der Waals surface area contributed by atoms with Crippen molar-refractivity contribution < 1.29 is 27.5 Å². The molecule has 0 spiro atoms. The molecule has 0 amide bonds. The average Bonchev–Trinajstić information content (AvgIpc) is 2.43. The van der Waals surface area contributed by atoms with Crippen LogP contribution in [0, 0.1) is 17.0 Å². The first-order valence-corrected chi connectivity index (χ1v) is 7.86. The first kappa shape index (κ1) is 16.1. The molecule has 2 aromatic carbocycles. The van der Waals surface area contributed by atoms with Gasteiger partial charge in [-0.3, -0.25) is 4.79 Å². The second-order valence-electron chi connectivity index (χ2n) is 7.17. The average molecular weight is 350 g/mol. The number of carbonyl (C=O) groups is 1. The van der Waals surface area contributed by atoms with E-state index < -0.39 is 39.7 Å². The summed E-state index contributed by atoms with van der Waals surface area (Å²) in [6.07, 6.45) is 0.307. The Balaban J connectivity index is 1.58. The molecule has 2 bridgehead atoms. The number of carbonyl (C=O) groups excluding carboxylic acids is 1. The fraction of sp³-hybridized carbons (Fsp3) is 0.316. The van der Waals surface area contributed by atoms with Crippen molar-refractivity contribution in [2.75, 3.05) is 0 Å². The molecular weight excluding hydrogens is 336 g/mol. The Morgan fingerprint density at radius 3 is 2.32 bits per heavy atom. The van der Waals surface area contributed by atoms with Crippen LogP contribution >= 0.6 is 0 Å². The van der Waals surface area contributed by atoms with E-state index in [2.05, 4.69) is 0 Å². The molecule has 0 saturated heterocycles. The van der Waals surface area contributed by atoms with E-state index in [-0.39, 0.29) is 25.0 Å². The number of halogens is 4. The molecular formula is C19H14F4O2. The molecule has 0 atom stereocenters. The second-order valence-corrected chi connectivity index (χ2v) is 7.17. The van der Waals surface area contributed by atoms with Crippen LogP contribution in [-0.4, -0.2) is 16.8 Å². The van der Waals surface area contributed by atoms with Gasteiger partial charge in [-0.15, -0.1) is 0 Å². The minimum Gasteiger partial charge on any atom is -0.508 e. The van der Waals surface area contributed by atoms with Crippen molar-refractivity contribution in [3.8, 4) is 5.75 Å². The third-order valence-electron chi connectivity index (χ3n) is 5.62. The SMILES string of the molecule is O=C(c1ccc(F)cc1F)C(F)(F)C12CC(c3cccc(O)c3)(C1)C2. The Morgan fingerprint density at radius 1 is 1.04 bits per heavy atom. The minimum atomic E-state index is -3.72. The van der Waals surface area contributed by atoms with Crippen molar-refractivity contribution in [3.05, 3.63) is 65.2 Å². The van der Waals surface area contributed by atoms with Crippen molar-refractivity contribution in [2.45, 2.75) is 30.6 Å². The molecule has 3 fully saturated rings. The molecule has 0 unspecified atom stereocenters. The number of alkyl halides is 2. The number of hydrogen-bond donors (Lipinski definition) is 1. The molecule has 5 rings (SSSR count). The predicted octanol–water partition coefficient (Wildman–Crippen LogP) is 4.61. The van der Waals surface area contributed by atoms with Crippen LogP contribution in [0.2, 0.25) is 0 Å². The zero-order valence-electron chi connectivity index (χ0n) is 13.0. The number of hydrogen-bond acceptors (Lipinski definition) is 2. The summed E-state index contributed by atoms with van der Waals surface area (Å²) < 4.78 is 56.2. The second kappa shape index (κ2) is 4.84. The Hall–Kier alpha value is -2.37. The quantitative estimate of drug-likeness (QED) is 0.646. The van der Waals surface area contributed by atoms with Crippen molar-refractivity contribution >= 4 is 5.78 Å². The summed E-state index contributed by atoms with van der Waals surface area (Å²) in [5, 5.41) is 9.55. The smallest absolute Gasteiger partial charge is 0.315 e. The normalized spacial score (nSPS) is 27.4. The predicted molar refractivity (Wildman–Crippen MR) is 81.7 cm³/mol. The third-order valence-corrected chi connectivity index (χ3v) is 5.62. The van der Waals surface area contributed by atoms with Crippen LogP contribution in [0.5, 0.6) is 5.75 Å². The molecule has 0 radical (unpaired) electrons. The van der Waals surface area contributed by atoms with Gasteiger partial charge in [-0.25, -0.2) is 8.78 Å². The number of ketones is 1. The Bertz CT molecular complexity index is 871. The molecule has 25 heavy (non-hydrogen) atoms. The lowest BCUT2D eigenvalue weighted by Gasteiger charge is -2.72. The zero-order chi connectivity index (χ0) is 18.0. The summed E-state index contributed by atoms with van der Waals surface area (Å²) >= 11 is 0. The van der Waals surface area contributed by atoms with Crippen LogP contribution in [0.25, 0.3) is 0 Å². The van der Waals surface area contributed by atoms with Gasteiger partial charge in [-0.05, 0) is 54.5 Å². The summed E-state index contributed by atoms with van der Waals surface area (Å²) in [7, 11) is 0. The van der Waals surface area contributed by atoms with Crippen LogP contribution < -0.4 is 0 Å². The van der Waals surface area contributed by atoms with E-state index in [9.17, 15) is 27.5 Å². The highest BCUT2D eigenvalue weighted by Gasteiger charge is 2.79. The van der Waals surface area contributed by atoms with Crippen LogP contribution in [0.15, 0.2) is 42.5 Å². The fourth-order valence-corrected chi connectivity index (χ4v) is 4.35. The van der Waals surface area contributed by atoms with E-state index in [4.69, 9.17) is 0 Å². The van der Waals surface area contributed by atoms with Gasteiger partial charge in [0.25, 0.3) is 0 Å². The van der Waals surface area contributed by atoms with Crippen molar-refractivity contribution in [2.24, 2.45) is 5.41 Å². The molecule has 0 aromatic heterocycles. The Labute approximate surface area is 141 Å². The Kier molecular flexibility index (Phi) is 3.12. The number of phenols is 1. The number of rotatable bonds is 4. The molecule has 2 nitrogen and oxygen atoms in total. The lowest BCUT2D eigenvalue weighted by atomic mass is 9.31. The van der Waals surface area contributed by atoms with Gasteiger partial charge >= 0.3 is 5.92 Å². The van der Waals surface area contributed by atoms with Gasteiger partial charge < -0.3 is 5.11 Å². The van der Waals surface area contributed by atoms with Crippen LogP contribution in [0.3, 0.4) is 0 Å². The monoisotopic (exact) mass is 350 g/mol. The number of Topliss-reactive ketones (excluding diaryl/α,β-unsaturated/α-hetero) is 1. The van der Waals surface area contributed by atoms with Crippen molar-refractivity contribution in [3.63, 3.8) is 0 Å². The van der Waals surface area contributed by atoms with Gasteiger partial charge in [-0.1, -0.05) is 12.1 Å². The van der Waals surface area contributed by atoms with E-state index in [0.29, 0.717) is 6.07 Å². The van der Waals surface area contributed by atoms with E-state index in [0.717, 1.165) is 17.7 Å². The first-order valence-electron chi connectivity index (χ1n) is 7.86. The van der Waals surface area contributed by atoms with Crippen molar-refractivity contribution in [1.29, 1.82) is 0 Å². The van der Waals surface area contributed by atoms with E-state index >= 15 is 0 Å². The minimum absolute atomic E-state index is 0.0625. The van der Waals surface area contributed by atoms with Gasteiger partial charge in [0.1, 0.15) is 17.4 Å². The number of benzene rings is 2. The highest BCUT2D eigenvalue weighted by atomic mass is 19.3. The maximum absolute atomic E-state index is 14.8. The van der Waals surface area contributed by atoms with E-state index in [1.165, 1.54) is 6.07 Å². The van der Waals surface area contributed by atoms with Crippen LogP contribution in [0.4, 0.5) is 17.6 Å². The van der Waals surface area contributed by atoms with Crippen LogP contribution in [-0.2, 0) is 5.41 Å². The standard InChI is InChI=1S/C19H14F4O2/c20-12-4-5-14(15(21)7-12)16(25)19(22,23)18-8-17(9-18,10-18)11-2-1-3-13(24)6-11/h1-7,24H,8-10H2. The molecule has 1 N–H and O–H groups in total. The van der Waals surface area contributed by atoms with Crippen molar-refractivity contribution in [1.82, 2.24) is 0 Å². The maximum Gasteiger partial charge on any atom is 0.315 e. The molecule has 3 aliphatic carbocycles. The van der Waals surface area contributed by atoms with Gasteiger partial charge in [0, 0.05) is 11.5 Å². The lowest BCUT2D eigenvalue weighted by molar-refractivity contribution is -0.256. The zero-order valence-corrected chi connectivity index (χ0v) is 13.0. The summed E-state index contributed by atoms with van der Waals surface area (Å²) in [5.74, 6) is -7.46. The molecule has 2 aromatic rings. The maximum atomic E-state index is 14.8. The summed E-state index contributed by atoms with van der Waals surface area (Å²) in [4.78, 5) is 12.2. The van der Waals surface area contributed by atoms with E-state index in [1.54, 1.807) is 18.2 Å². The molecule has 130 valence electrons. The molecule has 3 saturated carbocycles. The fourth-order valence-electron chi connectivity index (χ4n) is 4.35. The number of phenolic OH excluding ortho intramolecular Hbond substituents is 1. The number of aromatic hydroxyl groups is 1. The van der Waals surface area contributed by atoms with E-state index in [1.807, 2.05) is 0 Å². The highest BCUT2D eigenvalue weighted by molar-refractivity contribution is 6.02. The lowest BCUT2D eigenvalue weighted by Crippen LogP contribution is -2.73. The topological polar surface area (TPSA) is 37.3 Å². The van der Waals surface area contributed by atoms with Gasteiger partial charge in [0.2, 0.25) is 5.78 Å². The van der Waals surface area contributed by atoms with Crippen LogP contribution in [0.1, 0.15) is 35.2 Å². The molecule has 0 heterocycles. The van der Waals surface area contributed by atoms with Gasteiger partial charge in [0.05, 0.1) is 5.56 Å². The molecule has 0 aliphatic heterocycles. The summed E-state index contributed by atoms with van der Waals surface area (Å²) in [6, 6.07) is 8.44. The first-order chi connectivity index (χ1) is 11.7. The summed E-state index contributed by atoms with van der Waals surface area (Å²) in [5.41, 5.74) is -1.96. The largest absolute Gasteiger partial charge is 0.508 e.